The van der Waals surface area contributed by atoms with Crippen molar-refractivity contribution >= 4 is 11.8 Å². The van der Waals surface area contributed by atoms with Crippen molar-refractivity contribution in [1.82, 2.24) is 5.32 Å². The molecule has 3 heteroatoms. The lowest BCUT2D eigenvalue weighted by Gasteiger charge is -2.55. The Balaban J connectivity index is 1.53. The van der Waals surface area contributed by atoms with E-state index in [4.69, 9.17) is 0 Å². The van der Waals surface area contributed by atoms with Gasteiger partial charge in [0.15, 0.2) is 0 Å². The lowest BCUT2D eigenvalue weighted by molar-refractivity contribution is -0.0202. The first kappa shape index (κ1) is 11.6. The van der Waals surface area contributed by atoms with Gasteiger partial charge in [0, 0.05) is 11.8 Å². The molecule has 4 saturated carbocycles. The molecule has 1 unspecified atom stereocenters. The van der Waals surface area contributed by atoms with Gasteiger partial charge < -0.3 is 0 Å². The van der Waals surface area contributed by atoms with E-state index in [0.29, 0.717) is 6.04 Å². The summed E-state index contributed by atoms with van der Waals surface area (Å²) in [6.07, 6.45) is 8.34. The second-order valence-corrected chi connectivity index (χ2v) is 8.20. The van der Waals surface area contributed by atoms with E-state index in [1.54, 1.807) is 0 Å². The van der Waals surface area contributed by atoms with Crippen molar-refractivity contribution in [1.29, 1.82) is 5.26 Å². The highest BCUT2D eigenvalue weighted by atomic mass is 32.2. The van der Waals surface area contributed by atoms with Crippen LogP contribution in [-0.2, 0) is 0 Å². The highest BCUT2D eigenvalue weighted by molar-refractivity contribution is 7.99. The molecule has 1 aliphatic heterocycles. The SMILES string of the molecule is N#CC1(NC2C3CC4CC(C3)CC2C4)CCSC1. The molecule has 5 aliphatic rings. The highest BCUT2D eigenvalue weighted by Gasteiger charge is 2.50. The minimum absolute atomic E-state index is 0.190. The summed E-state index contributed by atoms with van der Waals surface area (Å²) >= 11 is 1.95. The maximum absolute atomic E-state index is 9.55. The monoisotopic (exact) mass is 262 g/mol. The maximum atomic E-state index is 9.55. The molecule has 0 amide bonds. The molecule has 4 bridgehead atoms. The summed E-state index contributed by atoms with van der Waals surface area (Å²) in [7, 11) is 0. The van der Waals surface area contributed by atoms with E-state index < -0.39 is 0 Å². The molecule has 4 aliphatic carbocycles. The third-order valence-corrected chi connectivity index (χ3v) is 7.10. The molecule has 5 rings (SSSR count). The lowest BCUT2D eigenvalue weighted by Crippen LogP contribution is -2.60. The number of hydrogen-bond donors (Lipinski definition) is 1. The van der Waals surface area contributed by atoms with Gasteiger partial charge in [0.2, 0.25) is 0 Å². The van der Waals surface area contributed by atoms with E-state index >= 15 is 0 Å². The molecule has 2 nitrogen and oxygen atoms in total. The molecule has 0 aromatic carbocycles. The topological polar surface area (TPSA) is 35.8 Å². The predicted octanol–water partition coefficient (Wildman–Crippen LogP) is 2.80. The van der Waals surface area contributed by atoms with E-state index in [-0.39, 0.29) is 5.54 Å². The van der Waals surface area contributed by atoms with Crippen LogP contribution in [0, 0.1) is 35.0 Å². The fraction of sp³-hybridized carbons (Fsp3) is 0.933. The lowest BCUT2D eigenvalue weighted by atomic mass is 9.54. The molecule has 1 atom stereocenters. The Morgan fingerprint density at radius 3 is 2.22 bits per heavy atom. The number of nitrogens with zero attached hydrogens (tertiary/aromatic N) is 1. The fourth-order valence-corrected chi connectivity index (χ4v) is 6.56. The van der Waals surface area contributed by atoms with E-state index in [1.807, 2.05) is 11.8 Å². The Morgan fingerprint density at radius 2 is 1.72 bits per heavy atom. The van der Waals surface area contributed by atoms with Crippen LogP contribution < -0.4 is 5.32 Å². The third kappa shape index (κ3) is 1.72. The van der Waals surface area contributed by atoms with E-state index in [0.717, 1.165) is 41.6 Å². The van der Waals surface area contributed by atoms with Gasteiger partial charge in [-0.3, -0.25) is 5.32 Å². The smallest absolute Gasteiger partial charge is 0.116 e. The van der Waals surface area contributed by atoms with Crippen LogP contribution in [-0.4, -0.2) is 23.1 Å². The molecule has 5 fully saturated rings. The normalized spacial score (nSPS) is 53.6. The largest absolute Gasteiger partial charge is 0.295 e. The van der Waals surface area contributed by atoms with Crippen molar-refractivity contribution in [2.45, 2.75) is 50.1 Å². The van der Waals surface area contributed by atoms with Gasteiger partial charge in [0.05, 0.1) is 6.07 Å². The highest BCUT2D eigenvalue weighted by Crippen LogP contribution is 2.54. The summed E-state index contributed by atoms with van der Waals surface area (Å²) in [5.74, 6) is 6.00. The number of nitrogens with one attached hydrogen (secondary N) is 1. The van der Waals surface area contributed by atoms with Crippen molar-refractivity contribution in [3.63, 3.8) is 0 Å². The second kappa shape index (κ2) is 4.15. The van der Waals surface area contributed by atoms with Crippen LogP contribution in [0.25, 0.3) is 0 Å². The zero-order valence-electron chi connectivity index (χ0n) is 10.9. The molecule has 0 radical (unpaired) electrons. The van der Waals surface area contributed by atoms with Crippen LogP contribution in [0.4, 0.5) is 0 Å². The Morgan fingerprint density at radius 1 is 1.06 bits per heavy atom. The number of thioether (sulfide) groups is 1. The molecule has 1 saturated heterocycles. The minimum Gasteiger partial charge on any atom is -0.295 e. The Bertz CT molecular complexity index is 352. The van der Waals surface area contributed by atoms with Gasteiger partial charge in [-0.05, 0) is 67.9 Å². The van der Waals surface area contributed by atoms with Crippen LogP contribution in [0.2, 0.25) is 0 Å². The summed E-state index contributed by atoms with van der Waals surface area (Å²) in [5.41, 5.74) is -0.190. The van der Waals surface area contributed by atoms with Crippen LogP contribution in [0.3, 0.4) is 0 Å². The van der Waals surface area contributed by atoms with Gasteiger partial charge in [0.25, 0.3) is 0 Å². The maximum Gasteiger partial charge on any atom is 0.116 e. The van der Waals surface area contributed by atoms with Crippen molar-refractivity contribution in [3.8, 4) is 6.07 Å². The molecular weight excluding hydrogens is 240 g/mol. The Kier molecular flexibility index (Phi) is 2.68. The van der Waals surface area contributed by atoms with Crippen molar-refractivity contribution < 1.29 is 0 Å². The second-order valence-electron chi connectivity index (χ2n) is 7.10. The van der Waals surface area contributed by atoms with Crippen LogP contribution in [0.5, 0.6) is 0 Å². The van der Waals surface area contributed by atoms with Crippen molar-refractivity contribution in [2.24, 2.45) is 23.7 Å². The van der Waals surface area contributed by atoms with Gasteiger partial charge in [-0.15, -0.1) is 0 Å². The van der Waals surface area contributed by atoms with Gasteiger partial charge in [-0.2, -0.15) is 17.0 Å². The van der Waals surface area contributed by atoms with E-state index in [1.165, 1.54) is 32.1 Å². The summed E-state index contributed by atoms with van der Waals surface area (Å²) in [5, 5.41) is 13.4. The zero-order valence-corrected chi connectivity index (χ0v) is 11.7. The van der Waals surface area contributed by atoms with Gasteiger partial charge >= 0.3 is 0 Å². The molecule has 98 valence electrons. The number of hydrogen-bond acceptors (Lipinski definition) is 3. The minimum atomic E-state index is -0.190. The standard InChI is InChI=1S/C15H22N2S/c16-8-15(1-2-18-9-15)17-14-12-4-10-3-11(6-12)7-13(14)5-10/h10-14,17H,1-7,9H2. The summed E-state index contributed by atoms with van der Waals surface area (Å²) in [6.45, 7) is 0. The van der Waals surface area contributed by atoms with Gasteiger partial charge in [-0.1, -0.05) is 0 Å². The van der Waals surface area contributed by atoms with Crippen molar-refractivity contribution in [2.75, 3.05) is 11.5 Å². The fourth-order valence-electron chi connectivity index (χ4n) is 5.28. The first-order chi connectivity index (χ1) is 8.78. The first-order valence-electron chi connectivity index (χ1n) is 7.55. The molecule has 0 aromatic heterocycles. The summed E-state index contributed by atoms with van der Waals surface area (Å²) < 4.78 is 0. The van der Waals surface area contributed by atoms with Gasteiger partial charge in [-0.25, -0.2) is 0 Å². The van der Waals surface area contributed by atoms with Crippen LogP contribution in [0.15, 0.2) is 0 Å². The first-order valence-corrected chi connectivity index (χ1v) is 8.70. The molecule has 0 aromatic rings. The average molecular weight is 262 g/mol. The Hall–Kier alpha value is -0.200. The number of rotatable bonds is 2. The third-order valence-electron chi connectivity index (χ3n) is 5.91. The molecule has 1 N–H and O–H groups in total. The molecular formula is C15H22N2S. The zero-order chi connectivity index (χ0) is 12.2. The number of nitriles is 1. The van der Waals surface area contributed by atoms with Crippen molar-refractivity contribution in [3.05, 3.63) is 0 Å². The average Bonchev–Trinajstić information content (AvgIpc) is 2.82. The van der Waals surface area contributed by atoms with E-state index in [2.05, 4.69) is 11.4 Å². The summed E-state index contributed by atoms with van der Waals surface area (Å²) in [4.78, 5) is 0. The Labute approximate surface area is 114 Å². The van der Waals surface area contributed by atoms with E-state index in [9.17, 15) is 5.26 Å². The summed E-state index contributed by atoms with van der Waals surface area (Å²) in [6, 6.07) is 3.27. The van der Waals surface area contributed by atoms with Gasteiger partial charge in [0.1, 0.15) is 5.54 Å². The van der Waals surface area contributed by atoms with Crippen LogP contribution in [0.1, 0.15) is 38.5 Å². The quantitative estimate of drug-likeness (QED) is 0.831. The molecule has 0 spiro atoms. The van der Waals surface area contributed by atoms with Crippen LogP contribution >= 0.6 is 11.8 Å². The molecule has 18 heavy (non-hydrogen) atoms. The molecule has 1 heterocycles. The predicted molar refractivity (Wildman–Crippen MR) is 74.3 cm³/mol.